The largest absolute Gasteiger partial charge is 0.467 e. The van der Waals surface area contributed by atoms with E-state index in [-0.39, 0.29) is 11.7 Å². The molecular formula is C19H19ClN2O4S. The monoisotopic (exact) mass is 406 g/mol. The summed E-state index contributed by atoms with van der Waals surface area (Å²) in [5.74, 6) is 0.589. The molecule has 0 bridgehead atoms. The lowest BCUT2D eigenvalue weighted by Crippen LogP contribution is -2.36. The van der Waals surface area contributed by atoms with Gasteiger partial charge in [-0.2, -0.15) is 0 Å². The molecule has 0 atom stereocenters. The highest BCUT2D eigenvalue weighted by Gasteiger charge is 2.27. The highest BCUT2D eigenvalue weighted by Crippen LogP contribution is 2.38. The maximum absolute atomic E-state index is 12.9. The molecule has 0 unspecified atom stereocenters. The number of furan rings is 1. The first-order chi connectivity index (χ1) is 12.7. The van der Waals surface area contributed by atoms with Crippen LogP contribution in [0.5, 0.6) is 0 Å². The van der Waals surface area contributed by atoms with Crippen molar-refractivity contribution < 1.29 is 18.7 Å². The molecule has 3 rings (SSSR count). The fourth-order valence-electron chi connectivity index (χ4n) is 2.58. The molecule has 0 aliphatic carbocycles. The third-order valence-corrected chi connectivity index (χ3v) is 5.19. The van der Waals surface area contributed by atoms with E-state index < -0.39 is 11.7 Å². The van der Waals surface area contributed by atoms with Crippen LogP contribution in [0.2, 0.25) is 5.15 Å². The molecule has 27 heavy (non-hydrogen) atoms. The Morgan fingerprint density at radius 1 is 1.44 bits per heavy atom. The molecule has 3 aromatic rings. The lowest BCUT2D eigenvalue weighted by Gasteiger charge is -2.27. The van der Waals surface area contributed by atoms with Crippen LogP contribution < -0.4 is 4.90 Å². The Balaban J connectivity index is 2.16. The molecular weight excluding hydrogens is 388 g/mol. The van der Waals surface area contributed by atoms with Crippen molar-refractivity contribution in [3.8, 4) is 0 Å². The molecule has 0 aliphatic heterocycles. The predicted octanol–water partition coefficient (Wildman–Crippen LogP) is 5.61. The predicted molar refractivity (Wildman–Crippen MR) is 106 cm³/mol. The number of anilines is 1. The average molecular weight is 407 g/mol. The van der Waals surface area contributed by atoms with Crippen molar-refractivity contribution in [3.05, 3.63) is 45.8 Å². The van der Waals surface area contributed by atoms with Crippen molar-refractivity contribution in [3.63, 3.8) is 0 Å². The molecule has 0 saturated heterocycles. The minimum absolute atomic E-state index is 0.157. The molecule has 0 saturated carbocycles. The Hall–Kier alpha value is -2.38. The molecule has 0 aromatic carbocycles. The van der Waals surface area contributed by atoms with E-state index in [1.165, 1.54) is 22.5 Å². The van der Waals surface area contributed by atoms with E-state index >= 15 is 0 Å². The van der Waals surface area contributed by atoms with Crippen molar-refractivity contribution in [1.82, 2.24) is 4.98 Å². The average Bonchev–Trinajstić information content (AvgIpc) is 3.19. The van der Waals surface area contributed by atoms with Gasteiger partial charge in [0.25, 0.3) is 0 Å². The number of nitrogens with zero attached hydrogens (tertiary/aromatic N) is 2. The fraction of sp³-hybridized carbons (Fsp3) is 0.316. The van der Waals surface area contributed by atoms with E-state index in [1.54, 1.807) is 45.9 Å². The van der Waals surface area contributed by atoms with Gasteiger partial charge in [-0.25, -0.2) is 9.78 Å². The van der Waals surface area contributed by atoms with E-state index in [9.17, 15) is 9.59 Å². The Bertz CT molecular complexity index is 989. The summed E-state index contributed by atoms with van der Waals surface area (Å²) < 4.78 is 11.7. The summed E-state index contributed by atoms with van der Waals surface area (Å²) in [5.41, 5.74) is 1.18. The Labute approximate surface area is 165 Å². The molecule has 0 spiro atoms. The van der Waals surface area contributed by atoms with E-state index in [4.69, 9.17) is 20.8 Å². The number of pyridine rings is 1. The van der Waals surface area contributed by atoms with Crippen LogP contribution in [0.3, 0.4) is 0 Å². The first kappa shape index (κ1) is 19.4. The number of fused-ring (bicyclic) bond motifs is 1. The van der Waals surface area contributed by atoms with Crippen molar-refractivity contribution in [2.75, 3.05) is 4.90 Å². The minimum atomic E-state index is -0.673. The first-order valence-electron chi connectivity index (χ1n) is 8.27. The van der Waals surface area contributed by atoms with Gasteiger partial charge in [-0.1, -0.05) is 11.6 Å². The van der Waals surface area contributed by atoms with Crippen LogP contribution in [0.25, 0.3) is 10.2 Å². The molecule has 3 aromatic heterocycles. The zero-order valence-corrected chi connectivity index (χ0v) is 17.0. The van der Waals surface area contributed by atoms with Crippen LogP contribution in [0, 0.1) is 6.92 Å². The highest BCUT2D eigenvalue weighted by molar-refractivity contribution is 7.21. The number of halogens is 1. The molecule has 1 amide bonds. The molecule has 0 aliphatic rings. The normalized spacial score (nSPS) is 11.6. The maximum Gasteiger partial charge on any atom is 0.415 e. The van der Waals surface area contributed by atoms with Crippen molar-refractivity contribution in [2.45, 2.75) is 39.8 Å². The number of carbonyl (C=O) groups is 2. The molecule has 0 N–H and O–H groups in total. The quantitative estimate of drug-likeness (QED) is 0.416. The van der Waals surface area contributed by atoms with Crippen molar-refractivity contribution in [2.24, 2.45) is 0 Å². The SMILES string of the molecule is Cc1c(C=O)sc2c(N(Cc3ccco3)C(=O)OC(C)(C)C)cc(Cl)nc12. The van der Waals surface area contributed by atoms with Gasteiger partial charge in [0.2, 0.25) is 0 Å². The number of hydrogen-bond donors (Lipinski definition) is 0. The number of hydrogen-bond acceptors (Lipinski definition) is 6. The van der Waals surface area contributed by atoms with E-state index in [0.717, 1.165) is 11.8 Å². The van der Waals surface area contributed by atoms with Crippen LogP contribution >= 0.6 is 22.9 Å². The van der Waals surface area contributed by atoms with Gasteiger partial charge in [-0.3, -0.25) is 9.69 Å². The Morgan fingerprint density at radius 2 is 2.19 bits per heavy atom. The summed E-state index contributed by atoms with van der Waals surface area (Å²) >= 11 is 7.48. The summed E-state index contributed by atoms with van der Waals surface area (Å²) in [5, 5.41) is 0.226. The first-order valence-corrected chi connectivity index (χ1v) is 9.47. The lowest BCUT2D eigenvalue weighted by atomic mass is 10.2. The van der Waals surface area contributed by atoms with E-state index in [2.05, 4.69) is 4.98 Å². The minimum Gasteiger partial charge on any atom is -0.467 e. The van der Waals surface area contributed by atoms with Gasteiger partial charge >= 0.3 is 6.09 Å². The number of carbonyl (C=O) groups excluding carboxylic acids is 2. The fourth-order valence-corrected chi connectivity index (χ4v) is 3.86. The number of amides is 1. The van der Waals surface area contributed by atoms with Crippen molar-refractivity contribution in [1.29, 1.82) is 0 Å². The third-order valence-electron chi connectivity index (χ3n) is 3.76. The standard InChI is InChI=1S/C19H19ClN2O4S/c1-11-14(10-23)27-17-13(8-15(20)21-16(11)17)22(9-12-6-5-7-25-12)18(24)26-19(2,3)4/h5-8,10H,9H2,1-4H3. The molecule has 6 nitrogen and oxygen atoms in total. The Morgan fingerprint density at radius 3 is 2.78 bits per heavy atom. The van der Waals surface area contributed by atoms with Gasteiger partial charge in [0.1, 0.15) is 16.5 Å². The lowest BCUT2D eigenvalue weighted by molar-refractivity contribution is 0.0575. The summed E-state index contributed by atoms with van der Waals surface area (Å²) in [4.78, 5) is 30.6. The van der Waals surface area contributed by atoms with Gasteiger partial charge in [0, 0.05) is 6.07 Å². The van der Waals surface area contributed by atoms with Crippen LogP contribution in [0.15, 0.2) is 28.9 Å². The molecule has 8 heteroatoms. The summed E-state index contributed by atoms with van der Waals surface area (Å²) in [6.07, 6.45) is 1.78. The number of thiophene rings is 1. The summed E-state index contributed by atoms with van der Waals surface area (Å²) in [6, 6.07) is 5.12. The smallest absolute Gasteiger partial charge is 0.415 e. The third kappa shape index (κ3) is 4.14. The Kier molecular flexibility index (Phi) is 5.26. The summed E-state index contributed by atoms with van der Waals surface area (Å²) in [6.45, 7) is 7.35. The van der Waals surface area contributed by atoms with Gasteiger partial charge in [-0.15, -0.1) is 11.3 Å². The van der Waals surface area contributed by atoms with E-state index in [0.29, 0.717) is 26.5 Å². The number of aryl methyl sites for hydroxylation is 1. The molecule has 3 heterocycles. The number of aldehydes is 1. The van der Waals surface area contributed by atoms with Crippen LogP contribution in [-0.4, -0.2) is 23.0 Å². The second-order valence-electron chi connectivity index (χ2n) is 7.00. The second kappa shape index (κ2) is 7.32. The molecule has 0 fully saturated rings. The van der Waals surface area contributed by atoms with Gasteiger partial charge in [0.05, 0.1) is 33.6 Å². The zero-order valence-electron chi connectivity index (χ0n) is 15.4. The van der Waals surface area contributed by atoms with Gasteiger partial charge in [-0.05, 0) is 45.4 Å². The van der Waals surface area contributed by atoms with Gasteiger partial charge < -0.3 is 9.15 Å². The highest BCUT2D eigenvalue weighted by atomic mass is 35.5. The second-order valence-corrected chi connectivity index (χ2v) is 8.44. The van der Waals surface area contributed by atoms with Crippen LogP contribution in [0.1, 0.15) is 41.8 Å². The zero-order chi connectivity index (χ0) is 19.8. The maximum atomic E-state index is 12.9. The topological polar surface area (TPSA) is 72.6 Å². The molecule has 0 radical (unpaired) electrons. The number of aromatic nitrogens is 1. The molecule has 142 valence electrons. The van der Waals surface area contributed by atoms with Crippen LogP contribution in [0.4, 0.5) is 10.5 Å². The number of ether oxygens (including phenoxy) is 1. The van der Waals surface area contributed by atoms with E-state index in [1.807, 2.05) is 0 Å². The van der Waals surface area contributed by atoms with Crippen LogP contribution in [-0.2, 0) is 11.3 Å². The van der Waals surface area contributed by atoms with Crippen molar-refractivity contribution >= 4 is 51.2 Å². The number of rotatable bonds is 4. The summed E-state index contributed by atoms with van der Waals surface area (Å²) in [7, 11) is 0. The van der Waals surface area contributed by atoms with Gasteiger partial charge in [0.15, 0.2) is 6.29 Å².